The van der Waals surface area contributed by atoms with Crippen LogP contribution in [0, 0.1) is 0 Å². The smallest absolute Gasteiger partial charge is 0.0141 e. The van der Waals surface area contributed by atoms with E-state index in [1.807, 2.05) is 6.08 Å². The average Bonchev–Trinajstić information content (AvgIpc) is 2.39. The van der Waals surface area contributed by atoms with Crippen LogP contribution in [0.5, 0.6) is 0 Å². The summed E-state index contributed by atoms with van der Waals surface area (Å²) in [4.78, 5) is 0. The molecule has 0 spiro atoms. The predicted octanol–water partition coefficient (Wildman–Crippen LogP) is 3.63. The zero-order valence-electron chi connectivity index (χ0n) is 9.89. The van der Waals surface area contributed by atoms with Crippen molar-refractivity contribution in [3.8, 4) is 0 Å². The van der Waals surface area contributed by atoms with Crippen molar-refractivity contribution in [1.82, 2.24) is 5.32 Å². The maximum absolute atomic E-state index is 3.67. The minimum absolute atomic E-state index is 0.847. The van der Waals surface area contributed by atoms with Gasteiger partial charge in [-0.3, -0.25) is 0 Å². The summed E-state index contributed by atoms with van der Waals surface area (Å²) < 4.78 is 0. The Morgan fingerprint density at radius 2 is 1.82 bits per heavy atom. The van der Waals surface area contributed by atoms with Gasteiger partial charge in [0.05, 0.1) is 0 Å². The Morgan fingerprint density at radius 1 is 1.00 bits per heavy atom. The van der Waals surface area contributed by atoms with Crippen LogP contribution < -0.4 is 5.32 Å². The molecule has 2 aromatic rings. The minimum atomic E-state index is 0.847. The van der Waals surface area contributed by atoms with Crippen LogP contribution in [0.2, 0.25) is 0 Å². The topological polar surface area (TPSA) is 12.0 Å². The molecule has 2 aromatic carbocycles. The molecule has 86 valence electrons. The van der Waals surface area contributed by atoms with E-state index in [4.69, 9.17) is 0 Å². The third-order valence-electron chi connectivity index (χ3n) is 2.67. The number of hydrogen-bond acceptors (Lipinski definition) is 1. The van der Waals surface area contributed by atoms with Gasteiger partial charge in [0, 0.05) is 13.1 Å². The molecular formula is C16H17N. The molecule has 1 heteroatoms. The van der Waals surface area contributed by atoms with Crippen molar-refractivity contribution < 1.29 is 0 Å². The van der Waals surface area contributed by atoms with Gasteiger partial charge < -0.3 is 5.32 Å². The summed E-state index contributed by atoms with van der Waals surface area (Å²) in [5.41, 5.74) is 1.27. The largest absolute Gasteiger partial charge is 0.310 e. The molecule has 0 fully saturated rings. The van der Waals surface area contributed by atoms with E-state index in [2.05, 4.69) is 66.5 Å². The molecule has 0 unspecified atom stereocenters. The zero-order chi connectivity index (χ0) is 11.9. The Kier molecular flexibility index (Phi) is 4.11. The van der Waals surface area contributed by atoms with Gasteiger partial charge in [-0.25, -0.2) is 0 Å². The van der Waals surface area contributed by atoms with Gasteiger partial charge in [0.15, 0.2) is 0 Å². The minimum Gasteiger partial charge on any atom is -0.310 e. The highest BCUT2D eigenvalue weighted by Gasteiger charge is 1.95. The van der Waals surface area contributed by atoms with Crippen molar-refractivity contribution in [1.29, 1.82) is 0 Å². The summed E-state index contributed by atoms with van der Waals surface area (Å²) in [6.07, 6.45) is 6.18. The van der Waals surface area contributed by atoms with Gasteiger partial charge in [-0.1, -0.05) is 60.7 Å². The molecule has 0 atom stereocenters. The van der Waals surface area contributed by atoms with Gasteiger partial charge in [0.25, 0.3) is 0 Å². The van der Waals surface area contributed by atoms with Crippen LogP contribution in [0.25, 0.3) is 16.8 Å². The van der Waals surface area contributed by atoms with Crippen LogP contribution in [0.4, 0.5) is 0 Å². The molecule has 1 N–H and O–H groups in total. The highest BCUT2D eigenvalue weighted by atomic mass is 14.8. The van der Waals surface area contributed by atoms with Gasteiger partial charge in [0.2, 0.25) is 0 Å². The molecular weight excluding hydrogens is 206 g/mol. The van der Waals surface area contributed by atoms with E-state index in [1.54, 1.807) is 0 Å². The van der Waals surface area contributed by atoms with Crippen molar-refractivity contribution in [3.05, 3.63) is 66.8 Å². The van der Waals surface area contributed by atoms with Crippen LogP contribution in [0.15, 0.2) is 61.2 Å². The molecule has 0 aliphatic heterocycles. The lowest BCUT2D eigenvalue weighted by atomic mass is 10.0. The van der Waals surface area contributed by atoms with Crippen molar-refractivity contribution in [3.63, 3.8) is 0 Å². The number of rotatable bonds is 5. The summed E-state index contributed by atoms with van der Waals surface area (Å²) in [5.74, 6) is 0. The second kappa shape index (κ2) is 6.02. The van der Waals surface area contributed by atoms with E-state index < -0.39 is 0 Å². The molecule has 0 aliphatic rings. The Balaban J connectivity index is 2.15. The lowest BCUT2D eigenvalue weighted by Crippen LogP contribution is -2.12. The molecule has 0 saturated heterocycles. The zero-order valence-corrected chi connectivity index (χ0v) is 9.89. The Labute approximate surface area is 102 Å². The molecule has 0 amide bonds. The second-order valence-corrected chi connectivity index (χ2v) is 3.92. The molecule has 17 heavy (non-hydrogen) atoms. The molecule has 0 aliphatic carbocycles. The third kappa shape index (κ3) is 3.05. The Morgan fingerprint density at radius 3 is 2.71 bits per heavy atom. The molecule has 1 nitrogen and oxygen atoms in total. The van der Waals surface area contributed by atoms with E-state index in [1.165, 1.54) is 16.3 Å². The fourth-order valence-corrected chi connectivity index (χ4v) is 1.85. The summed E-state index contributed by atoms with van der Waals surface area (Å²) in [6, 6.07) is 14.8. The highest BCUT2D eigenvalue weighted by molar-refractivity contribution is 5.90. The lowest BCUT2D eigenvalue weighted by molar-refractivity contribution is 0.846. The van der Waals surface area contributed by atoms with Gasteiger partial charge in [0.1, 0.15) is 0 Å². The van der Waals surface area contributed by atoms with E-state index in [-0.39, 0.29) is 0 Å². The summed E-state index contributed by atoms with van der Waals surface area (Å²) in [6.45, 7) is 5.39. The molecule has 0 heterocycles. The van der Waals surface area contributed by atoms with Crippen LogP contribution in [0.1, 0.15) is 5.56 Å². The summed E-state index contributed by atoms with van der Waals surface area (Å²) in [7, 11) is 0. The Bertz CT molecular complexity index is 521. The van der Waals surface area contributed by atoms with Gasteiger partial charge in [-0.15, -0.1) is 6.58 Å². The first-order chi connectivity index (χ1) is 8.42. The number of nitrogens with one attached hydrogen (secondary N) is 1. The molecule has 2 rings (SSSR count). The lowest BCUT2D eigenvalue weighted by Gasteiger charge is -2.01. The quantitative estimate of drug-likeness (QED) is 0.603. The van der Waals surface area contributed by atoms with E-state index in [0.29, 0.717) is 0 Å². The SMILES string of the molecule is C=CCNC/C=C/c1cccc2ccccc12. The van der Waals surface area contributed by atoms with Crippen molar-refractivity contribution in [2.45, 2.75) is 0 Å². The van der Waals surface area contributed by atoms with E-state index in [9.17, 15) is 0 Å². The average molecular weight is 223 g/mol. The number of fused-ring (bicyclic) bond motifs is 1. The highest BCUT2D eigenvalue weighted by Crippen LogP contribution is 2.19. The third-order valence-corrected chi connectivity index (χ3v) is 2.67. The fraction of sp³-hybridized carbons (Fsp3) is 0.125. The second-order valence-electron chi connectivity index (χ2n) is 3.92. The normalized spacial score (nSPS) is 11.1. The fourth-order valence-electron chi connectivity index (χ4n) is 1.85. The van der Waals surface area contributed by atoms with Crippen molar-refractivity contribution in [2.24, 2.45) is 0 Å². The maximum Gasteiger partial charge on any atom is 0.0141 e. The predicted molar refractivity (Wildman–Crippen MR) is 76.0 cm³/mol. The Hall–Kier alpha value is -1.86. The molecule has 0 aromatic heterocycles. The number of benzene rings is 2. The standard InChI is InChI=1S/C16H17N/c1-2-12-17-13-6-10-15-9-5-8-14-7-3-4-11-16(14)15/h2-11,17H,1,12-13H2/b10-6+. The van der Waals surface area contributed by atoms with Crippen molar-refractivity contribution in [2.75, 3.05) is 13.1 Å². The first-order valence-electron chi connectivity index (χ1n) is 5.88. The molecule has 0 saturated carbocycles. The first-order valence-corrected chi connectivity index (χ1v) is 5.88. The van der Waals surface area contributed by atoms with Crippen LogP contribution in [0.3, 0.4) is 0 Å². The number of hydrogen-bond donors (Lipinski definition) is 1. The molecule has 0 bridgehead atoms. The maximum atomic E-state index is 3.67. The first kappa shape index (κ1) is 11.6. The monoisotopic (exact) mass is 223 g/mol. The summed E-state index contributed by atoms with van der Waals surface area (Å²) >= 11 is 0. The van der Waals surface area contributed by atoms with Gasteiger partial charge in [-0.05, 0) is 16.3 Å². The van der Waals surface area contributed by atoms with Gasteiger partial charge >= 0.3 is 0 Å². The summed E-state index contributed by atoms with van der Waals surface area (Å²) in [5, 5.41) is 5.84. The van der Waals surface area contributed by atoms with Gasteiger partial charge in [-0.2, -0.15) is 0 Å². The van der Waals surface area contributed by atoms with Crippen LogP contribution in [-0.4, -0.2) is 13.1 Å². The van der Waals surface area contributed by atoms with Crippen LogP contribution >= 0.6 is 0 Å². The van der Waals surface area contributed by atoms with E-state index in [0.717, 1.165) is 13.1 Å². The van der Waals surface area contributed by atoms with Crippen LogP contribution in [-0.2, 0) is 0 Å². The molecule has 0 radical (unpaired) electrons. The van der Waals surface area contributed by atoms with E-state index >= 15 is 0 Å². The van der Waals surface area contributed by atoms with Crippen molar-refractivity contribution >= 4 is 16.8 Å².